The standard InChI is InChI=1S/C16H25N3O2/c1-6-17-14(20)12-8-9-13(11(3)10-12)19-15(21)16(4,5)18-7-2/h8-10,18H,6-7H2,1-5H3,(H,17,20)(H,19,21). The van der Waals surface area contributed by atoms with Crippen LogP contribution in [0.3, 0.4) is 0 Å². The summed E-state index contributed by atoms with van der Waals surface area (Å²) in [6, 6.07) is 5.26. The van der Waals surface area contributed by atoms with E-state index >= 15 is 0 Å². The summed E-state index contributed by atoms with van der Waals surface area (Å²) in [7, 11) is 0. The lowest BCUT2D eigenvalue weighted by Crippen LogP contribution is -2.49. The molecule has 0 saturated carbocycles. The zero-order valence-electron chi connectivity index (χ0n) is 13.5. The SMILES string of the molecule is CCNC(=O)c1ccc(NC(=O)C(C)(C)NCC)c(C)c1. The third-order valence-electron chi connectivity index (χ3n) is 3.26. The third kappa shape index (κ3) is 4.56. The summed E-state index contributed by atoms with van der Waals surface area (Å²) < 4.78 is 0. The van der Waals surface area contributed by atoms with E-state index in [4.69, 9.17) is 0 Å². The first kappa shape index (κ1) is 17.2. The molecular weight excluding hydrogens is 266 g/mol. The van der Waals surface area contributed by atoms with Crippen molar-refractivity contribution in [3.63, 3.8) is 0 Å². The van der Waals surface area contributed by atoms with Crippen LogP contribution in [0.2, 0.25) is 0 Å². The Morgan fingerprint density at radius 2 is 1.81 bits per heavy atom. The van der Waals surface area contributed by atoms with Crippen molar-refractivity contribution in [2.45, 2.75) is 40.2 Å². The molecule has 5 nitrogen and oxygen atoms in total. The van der Waals surface area contributed by atoms with Crippen LogP contribution in [0.4, 0.5) is 5.69 Å². The van der Waals surface area contributed by atoms with Crippen molar-refractivity contribution < 1.29 is 9.59 Å². The number of nitrogens with one attached hydrogen (secondary N) is 3. The minimum absolute atomic E-state index is 0.0989. The highest BCUT2D eigenvalue weighted by Gasteiger charge is 2.26. The van der Waals surface area contributed by atoms with Gasteiger partial charge in [-0.15, -0.1) is 0 Å². The van der Waals surface area contributed by atoms with Crippen molar-refractivity contribution in [2.75, 3.05) is 18.4 Å². The molecule has 0 heterocycles. The van der Waals surface area contributed by atoms with Gasteiger partial charge in [0.25, 0.3) is 5.91 Å². The molecule has 0 aliphatic rings. The summed E-state index contributed by atoms with van der Waals surface area (Å²) in [5.74, 6) is -0.204. The van der Waals surface area contributed by atoms with Gasteiger partial charge < -0.3 is 16.0 Å². The van der Waals surface area contributed by atoms with E-state index < -0.39 is 5.54 Å². The average Bonchev–Trinajstić information content (AvgIpc) is 2.41. The van der Waals surface area contributed by atoms with Crippen LogP contribution in [0.25, 0.3) is 0 Å². The maximum Gasteiger partial charge on any atom is 0.251 e. The second kappa shape index (κ2) is 7.22. The first-order valence-electron chi connectivity index (χ1n) is 7.27. The predicted molar refractivity (Wildman–Crippen MR) is 85.6 cm³/mol. The van der Waals surface area contributed by atoms with Gasteiger partial charge >= 0.3 is 0 Å². The smallest absolute Gasteiger partial charge is 0.251 e. The lowest BCUT2D eigenvalue weighted by molar-refractivity contribution is -0.121. The highest BCUT2D eigenvalue weighted by atomic mass is 16.2. The molecule has 0 radical (unpaired) electrons. The Morgan fingerprint density at radius 3 is 2.33 bits per heavy atom. The number of carbonyl (C=O) groups is 2. The van der Waals surface area contributed by atoms with Crippen LogP contribution in [-0.2, 0) is 4.79 Å². The van der Waals surface area contributed by atoms with Crippen LogP contribution in [-0.4, -0.2) is 30.4 Å². The van der Waals surface area contributed by atoms with Gasteiger partial charge in [0.15, 0.2) is 0 Å². The Bertz CT molecular complexity index is 524. The number of rotatable bonds is 6. The van der Waals surface area contributed by atoms with Crippen LogP contribution >= 0.6 is 0 Å². The summed E-state index contributed by atoms with van der Waals surface area (Å²) in [6.45, 7) is 10.7. The molecule has 0 aliphatic heterocycles. The lowest BCUT2D eigenvalue weighted by Gasteiger charge is -2.25. The largest absolute Gasteiger partial charge is 0.352 e. The second-order valence-electron chi connectivity index (χ2n) is 5.50. The summed E-state index contributed by atoms with van der Waals surface area (Å²) >= 11 is 0. The van der Waals surface area contributed by atoms with Gasteiger partial charge in [-0.3, -0.25) is 9.59 Å². The fourth-order valence-corrected chi connectivity index (χ4v) is 2.01. The van der Waals surface area contributed by atoms with E-state index in [0.29, 0.717) is 12.1 Å². The fraction of sp³-hybridized carbons (Fsp3) is 0.500. The topological polar surface area (TPSA) is 70.2 Å². The molecule has 5 heteroatoms. The maximum absolute atomic E-state index is 12.2. The van der Waals surface area contributed by atoms with Crippen molar-refractivity contribution in [2.24, 2.45) is 0 Å². The molecule has 0 aromatic heterocycles. The van der Waals surface area contributed by atoms with Gasteiger partial charge in [-0.1, -0.05) is 6.92 Å². The van der Waals surface area contributed by atoms with Crippen LogP contribution in [0, 0.1) is 6.92 Å². The monoisotopic (exact) mass is 291 g/mol. The van der Waals surface area contributed by atoms with Crippen LogP contribution in [0.5, 0.6) is 0 Å². The van der Waals surface area contributed by atoms with Crippen molar-refractivity contribution in [3.05, 3.63) is 29.3 Å². The lowest BCUT2D eigenvalue weighted by atomic mass is 10.0. The van der Waals surface area contributed by atoms with E-state index in [1.54, 1.807) is 18.2 Å². The molecule has 3 N–H and O–H groups in total. The number of anilines is 1. The number of hydrogen-bond acceptors (Lipinski definition) is 3. The first-order chi connectivity index (χ1) is 9.81. The fourth-order valence-electron chi connectivity index (χ4n) is 2.01. The normalized spacial score (nSPS) is 11.1. The van der Waals surface area contributed by atoms with Gasteiger partial charge in [-0.2, -0.15) is 0 Å². The minimum atomic E-state index is -0.639. The molecule has 1 aromatic rings. The summed E-state index contributed by atoms with van der Waals surface area (Å²) in [5.41, 5.74) is 1.54. The number of amides is 2. The number of aryl methyl sites for hydroxylation is 1. The zero-order valence-corrected chi connectivity index (χ0v) is 13.5. The molecule has 1 rings (SSSR count). The predicted octanol–water partition coefficient (Wildman–Crippen LogP) is 2.07. The highest BCUT2D eigenvalue weighted by Crippen LogP contribution is 2.18. The molecule has 0 fully saturated rings. The van der Waals surface area contributed by atoms with E-state index in [2.05, 4.69) is 16.0 Å². The zero-order chi connectivity index (χ0) is 16.0. The van der Waals surface area contributed by atoms with E-state index in [-0.39, 0.29) is 11.8 Å². The van der Waals surface area contributed by atoms with Crippen molar-refractivity contribution >= 4 is 17.5 Å². The minimum Gasteiger partial charge on any atom is -0.352 e. The van der Waals surface area contributed by atoms with E-state index in [0.717, 1.165) is 17.8 Å². The van der Waals surface area contributed by atoms with Gasteiger partial charge in [0.05, 0.1) is 5.54 Å². The van der Waals surface area contributed by atoms with Gasteiger partial charge in [0.2, 0.25) is 5.91 Å². The van der Waals surface area contributed by atoms with Gasteiger partial charge in [-0.05, 0) is 58.0 Å². The van der Waals surface area contributed by atoms with Crippen molar-refractivity contribution in [1.29, 1.82) is 0 Å². The number of benzene rings is 1. The van der Waals surface area contributed by atoms with Crippen molar-refractivity contribution in [3.8, 4) is 0 Å². The quantitative estimate of drug-likeness (QED) is 0.751. The van der Waals surface area contributed by atoms with Gasteiger partial charge in [0.1, 0.15) is 0 Å². The number of carbonyl (C=O) groups excluding carboxylic acids is 2. The maximum atomic E-state index is 12.2. The molecule has 0 aliphatic carbocycles. The Morgan fingerprint density at radius 1 is 1.14 bits per heavy atom. The molecule has 0 unspecified atom stereocenters. The van der Waals surface area contributed by atoms with E-state index in [1.807, 2.05) is 34.6 Å². The number of hydrogen-bond donors (Lipinski definition) is 3. The molecule has 21 heavy (non-hydrogen) atoms. The molecule has 0 atom stereocenters. The molecular formula is C16H25N3O2. The first-order valence-corrected chi connectivity index (χ1v) is 7.27. The Labute approximate surface area is 126 Å². The van der Waals surface area contributed by atoms with Gasteiger partial charge in [0, 0.05) is 17.8 Å². The summed E-state index contributed by atoms with van der Waals surface area (Å²) in [4.78, 5) is 24.0. The second-order valence-corrected chi connectivity index (χ2v) is 5.50. The van der Waals surface area contributed by atoms with E-state index in [9.17, 15) is 9.59 Å². The summed E-state index contributed by atoms with van der Waals surface area (Å²) in [5, 5.41) is 8.79. The molecule has 1 aromatic carbocycles. The van der Waals surface area contributed by atoms with Crippen LogP contribution in [0.1, 0.15) is 43.6 Å². The van der Waals surface area contributed by atoms with Crippen molar-refractivity contribution in [1.82, 2.24) is 10.6 Å². The molecule has 0 spiro atoms. The third-order valence-corrected chi connectivity index (χ3v) is 3.26. The Balaban J connectivity index is 2.86. The Kier molecular flexibility index (Phi) is 5.90. The molecule has 0 bridgehead atoms. The van der Waals surface area contributed by atoms with Gasteiger partial charge in [-0.25, -0.2) is 0 Å². The van der Waals surface area contributed by atoms with E-state index in [1.165, 1.54) is 0 Å². The highest BCUT2D eigenvalue weighted by molar-refractivity contribution is 5.99. The van der Waals surface area contributed by atoms with Crippen LogP contribution < -0.4 is 16.0 Å². The molecule has 0 saturated heterocycles. The van der Waals surface area contributed by atoms with Crippen LogP contribution in [0.15, 0.2) is 18.2 Å². The summed E-state index contributed by atoms with van der Waals surface area (Å²) in [6.07, 6.45) is 0. The number of likely N-dealkylation sites (N-methyl/N-ethyl adjacent to an activating group) is 1. The Hall–Kier alpha value is -1.88. The molecule has 2 amide bonds. The molecule has 116 valence electrons. The average molecular weight is 291 g/mol.